The largest absolute Gasteiger partial charge is 0.474 e. The summed E-state index contributed by atoms with van der Waals surface area (Å²) in [6.45, 7) is 4.26. The fourth-order valence-electron chi connectivity index (χ4n) is 1.46. The predicted octanol–water partition coefficient (Wildman–Crippen LogP) is 0.215. The topological polar surface area (TPSA) is 122 Å². The lowest BCUT2D eigenvalue weighted by Gasteiger charge is -2.17. The number of hydrogen-bond donors (Lipinski definition) is 2. The minimum atomic E-state index is -3.64. The summed E-state index contributed by atoms with van der Waals surface area (Å²) in [5.41, 5.74) is 0. The van der Waals surface area contributed by atoms with Crippen LogP contribution in [0.15, 0.2) is 0 Å². The molecule has 10 nitrogen and oxygen atoms in total. The second kappa shape index (κ2) is 18.7. The van der Waals surface area contributed by atoms with Crippen LogP contribution in [-0.4, -0.2) is 96.1 Å². The summed E-state index contributed by atoms with van der Waals surface area (Å²) in [6, 6.07) is 0. The van der Waals surface area contributed by atoms with Crippen LogP contribution >= 0.6 is 7.82 Å². The maximum Gasteiger partial charge on any atom is 0.474 e. The Balaban J connectivity index is 3.68. The van der Waals surface area contributed by atoms with Gasteiger partial charge in [0.25, 0.3) is 0 Å². The highest BCUT2D eigenvalue weighted by atomic mass is 31.2. The zero-order valence-electron chi connectivity index (χ0n) is 14.8. The standard InChI is InChI=1S/C14H31O10P/c1-2-22-25(17,23-13-11-20-9-7-18-5-3-15)24-14-12-21-10-8-19-6-4-16/h15-16H,2-14H2,1H3. The van der Waals surface area contributed by atoms with E-state index in [2.05, 4.69) is 0 Å². The number of rotatable bonds is 20. The quantitative estimate of drug-likeness (QED) is 0.220. The molecule has 0 spiro atoms. The Morgan fingerprint density at radius 1 is 0.600 bits per heavy atom. The maximum absolute atomic E-state index is 12.3. The molecule has 0 bridgehead atoms. The first-order chi connectivity index (χ1) is 12.2. The molecule has 0 aliphatic rings. The average molecular weight is 390 g/mol. The molecule has 0 aromatic carbocycles. The summed E-state index contributed by atoms with van der Waals surface area (Å²) in [7, 11) is -3.64. The molecule has 0 rings (SSSR count). The third-order valence-electron chi connectivity index (χ3n) is 2.46. The van der Waals surface area contributed by atoms with Crippen LogP contribution in [0.5, 0.6) is 0 Å². The molecule has 0 saturated heterocycles. The molecule has 2 N–H and O–H groups in total. The third-order valence-corrected chi connectivity index (χ3v) is 4.03. The summed E-state index contributed by atoms with van der Waals surface area (Å²) in [5.74, 6) is 0. The molecule has 11 heteroatoms. The summed E-state index contributed by atoms with van der Waals surface area (Å²) in [6.07, 6.45) is 0. The molecule has 0 saturated carbocycles. The van der Waals surface area contributed by atoms with Crippen LogP contribution in [0, 0.1) is 0 Å². The van der Waals surface area contributed by atoms with E-state index in [1.807, 2.05) is 0 Å². The van der Waals surface area contributed by atoms with Crippen LogP contribution in [0.2, 0.25) is 0 Å². The Morgan fingerprint density at radius 3 is 1.32 bits per heavy atom. The second-order valence-corrected chi connectivity index (χ2v) is 6.10. The summed E-state index contributed by atoms with van der Waals surface area (Å²) < 4.78 is 48.1. The van der Waals surface area contributed by atoms with Crippen LogP contribution in [-0.2, 0) is 37.1 Å². The van der Waals surface area contributed by atoms with Gasteiger partial charge in [0.15, 0.2) is 0 Å². The summed E-state index contributed by atoms with van der Waals surface area (Å²) >= 11 is 0. The van der Waals surface area contributed by atoms with E-state index in [1.165, 1.54) is 0 Å². The number of ether oxygens (including phenoxy) is 4. The first-order valence-electron chi connectivity index (χ1n) is 8.25. The van der Waals surface area contributed by atoms with Gasteiger partial charge in [0.05, 0.1) is 85.9 Å². The fourth-order valence-corrected chi connectivity index (χ4v) is 2.60. The lowest BCUT2D eigenvalue weighted by atomic mass is 10.7. The van der Waals surface area contributed by atoms with Gasteiger partial charge in [-0.1, -0.05) is 0 Å². The smallest absolute Gasteiger partial charge is 0.394 e. The number of aliphatic hydroxyl groups is 2. The van der Waals surface area contributed by atoms with E-state index >= 15 is 0 Å². The van der Waals surface area contributed by atoms with Gasteiger partial charge in [-0.05, 0) is 6.92 Å². The number of phosphoric ester groups is 1. The average Bonchev–Trinajstić information content (AvgIpc) is 2.60. The lowest BCUT2D eigenvalue weighted by Crippen LogP contribution is -2.13. The van der Waals surface area contributed by atoms with Gasteiger partial charge in [-0.25, -0.2) is 4.57 Å². The lowest BCUT2D eigenvalue weighted by molar-refractivity contribution is 0.00915. The van der Waals surface area contributed by atoms with Gasteiger partial charge in [0, 0.05) is 0 Å². The molecule has 0 fully saturated rings. The van der Waals surface area contributed by atoms with E-state index < -0.39 is 7.82 Å². The van der Waals surface area contributed by atoms with E-state index in [0.717, 1.165) is 0 Å². The molecular weight excluding hydrogens is 359 g/mol. The van der Waals surface area contributed by atoms with Crippen molar-refractivity contribution in [1.82, 2.24) is 0 Å². The van der Waals surface area contributed by atoms with E-state index in [1.54, 1.807) is 6.92 Å². The molecule has 25 heavy (non-hydrogen) atoms. The van der Waals surface area contributed by atoms with Gasteiger partial charge in [-0.2, -0.15) is 0 Å². The van der Waals surface area contributed by atoms with Crippen molar-refractivity contribution in [3.8, 4) is 0 Å². The predicted molar refractivity (Wildman–Crippen MR) is 88.6 cm³/mol. The Kier molecular flexibility index (Phi) is 18.6. The minimum Gasteiger partial charge on any atom is -0.394 e. The molecule has 0 radical (unpaired) electrons. The summed E-state index contributed by atoms with van der Waals surface area (Å²) in [5, 5.41) is 17.1. The van der Waals surface area contributed by atoms with Gasteiger partial charge in [-0.3, -0.25) is 13.6 Å². The van der Waals surface area contributed by atoms with E-state index in [4.69, 9.17) is 42.7 Å². The highest BCUT2D eigenvalue weighted by Gasteiger charge is 2.25. The molecule has 0 aromatic heterocycles. The van der Waals surface area contributed by atoms with Crippen LogP contribution in [0.1, 0.15) is 6.92 Å². The zero-order valence-corrected chi connectivity index (χ0v) is 15.7. The van der Waals surface area contributed by atoms with Crippen molar-refractivity contribution in [2.75, 3.05) is 85.9 Å². The highest BCUT2D eigenvalue weighted by molar-refractivity contribution is 7.48. The van der Waals surface area contributed by atoms with Crippen molar-refractivity contribution in [2.45, 2.75) is 6.92 Å². The van der Waals surface area contributed by atoms with Crippen molar-refractivity contribution in [2.24, 2.45) is 0 Å². The number of hydrogen-bond acceptors (Lipinski definition) is 10. The number of phosphoric acid groups is 1. The Labute approximate surface area is 148 Å². The van der Waals surface area contributed by atoms with Crippen molar-refractivity contribution in [3.05, 3.63) is 0 Å². The van der Waals surface area contributed by atoms with Crippen molar-refractivity contribution >= 4 is 7.82 Å². The molecule has 0 aliphatic carbocycles. The van der Waals surface area contributed by atoms with E-state index in [-0.39, 0.29) is 59.5 Å². The monoisotopic (exact) mass is 390 g/mol. The molecule has 0 aromatic rings. The van der Waals surface area contributed by atoms with Gasteiger partial charge >= 0.3 is 7.82 Å². The van der Waals surface area contributed by atoms with Crippen molar-refractivity contribution < 1.29 is 47.3 Å². The third kappa shape index (κ3) is 17.1. The van der Waals surface area contributed by atoms with Crippen molar-refractivity contribution in [1.29, 1.82) is 0 Å². The fraction of sp³-hybridized carbons (Fsp3) is 1.00. The zero-order chi connectivity index (χ0) is 18.6. The number of aliphatic hydroxyl groups excluding tert-OH is 2. The minimum absolute atomic E-state index is 0.0304. The summed E-state index contributed by atoms with van der Waals surface area (Å²) in [4.78, 5) is 0. The van der Waals surface area contributed by atoms with Crippen LogP contribution < -0.4 is 0 Å². The van der Waals surface area contributed by atoms with Gasteiger partial charge in [0.1, 0.15) is 0 Å². The first-order valence-corrected chi connectivity index (χ1v) is 9.71. The Hall–Kier alpha value is -0.130. The molecule has 0 atom stereocenters. The Morgan fingerprint density at radius 2 is 0.960 bits per heavy atom. The molecule has 0 aliphatic heterocycles. The molecular formula is C14H31O10P. The van der Waals surface area contributed by atoms with Crippen molar-refractivity contribution in [3.63, 3.8) is 0 Å². The molecule has 0 amide bonds. The molecule has 0 unspecified atom stereocenters. The normalized spacial score (nSPS) is 12.0. The Bertz CT molecular complexity index is 294. The molecule has 0 heterocycles. The van der Waals surface area contributed by atoms with E-state index in [9.17, 15) is 4.57 Å². The first kappa shape index (κ1) is 24.9. The van der Waals surface area contributed by atoms with Crippen LogP contribution in [0.25, 0.3) is 0 Å². The SMILES string of the molecule is CCOP(=O)(OCCOCCOCCO)OCCOCCOCCO. The van der Waals surface area contributed by atoms with Gasteiger partial charge in [-0.15, -0.1) is 0 Å². The molecule has 152 valence electrons. The maximum atomic E-state index is 12.3. The second-order valence-electron chi connectivity index (χ2n) is 4.43. The van der Waals surface area contributed by atoms with E-state index in [0.29, 0.717) is 26.4 Å². The van der Waals surface area contributed by atoms with Crippen LogP contribution in [0.4, 0.5) is 0 Å². The van der Waals surface area contributed by atoms with Gasteiger partial charge < -0.3 is 29.2 Å². The van der Waals surface area contributed by atoms with Gasteiger partial charge in [0.2, 0.25) is 0 Å². The highest BCUT2D eigenvalue weighted by Crippen LogP contribution is 2.48. The van der Waals surface area contributed by atoms with Crippen LogP contribution in [0.3, 0.4) is 0 Å².